The molecule has 0 saturated carbocycles. The van der Waals surface area contributed by atoms with Crippen molar-refractivity contribution in [3.8, 4) is 17.1 Å². The van der Waals surface area contributed by atoms with Gasteiger partial charge in [0, 0.05) is 12.6 Å². The molecule has 0 amide bonds. The average Bonchev–Trinajstić information content (AvgIpc) is 2.81. The number of hydrogen-bond acceptors (Lipinski definition) is 3. The molecule has 0 aliphatic rings. The van der Waals surface area contributed by atoms with Gasteiger partial charge in [-0.15, -0.1) is 10.2 Å². The SMILES string of the molecule is CCn1c(CBr)nnc1-c1ccc(OC)cc1F. The lowest BCUT2D eigenvalue weighted by Crippen LogP contribution is -2.03. The second-order valence-corrected chi connectivity index (χ2v) is 4.22. The highest BCUT2D eigenvalue weighted by Gasteiger charge is 2.15. The molecular weight excluding hydrogens is 301 g/mol. The molecule has 2 aromatic rings. The first-order chi connectivity index (χ1) is 8.71. The lowest BCUT2D eigenvalue weighted by Gasteiger charge is -2.08. The normalized spacial score (nSPS) is 10.7. The van der Waals surface area contributed by atoms with Crippen molar-refractivity contribution in [3.05, 3.63) is 29.8 Å². The average molecular weight is 314 g/mol. The van der Waals surface area contributed by atoms with Crippen LogP contribution in [0.1, 0.15) is 12.7 Å². The van der Waals surface area contributed by atoms with E-state index in [1.807, 2.05) is 11.5 Å². The molecular formula is C12H13BrFN3O. The summed E-state index contributed by atoms with van der Waals surface area (Å²) in [6.07, 6.45) is 0. The molecule has 1 aromatic carbocycles. The molecule has 1 heterocycles. The Morgan fingerprint density at radius 1 is 1.39 bits per heavy atom. The predicted molar refractivity (Wildman–Crippen MR) is 70.3 cm³/mol. The third-order valence-corrected chi connectivity index (χ3v) is 3.18. The van der Waals surface area contributed by atoms with E-state index in [4.69, 9.17) is 4.74 Å². The van der Waals surface area contributed by atoms with Gasteiger partial charge in [-0.25, -0.2) is 4.39 Å². The minimum atomic E-state index is -0.363. The molecule has 2 rings (SSSR count). The summed E-state index contributed by atoms with van der Waals surface area (Å²) in [6.45, 7) is 2.66. The second kappa shape index (κ2) is 5.48. The fourth-order valence-electron chi connectivity index (χ4n) is 1.77. The van der Waals surface area contributed by atoms with Crippen LogP contribution in [-0.4, -0.2) is 21.9 Å². The smallest absolute Gasteiger partial charge is 0.166 e. The first-order valence-corrected chi connectivity index (χ1v) is 6.65. The number of halogens is 2. The Bertz CT molecular complexity index is 556. The quantitative estimate of drug-likeness (QED) is 0.815. The highest BCUT2D eigenvalue weighted by Crippen LogP contribution is 2.25. The summed E-state index contributed by atoms with van der Waals surface area (Å²) in [7, 11) is 1.51. The number of hydrogen-bond donors (Lipinski definition) is 0. The Balaban J connectivity index is 2.51. The highest BCUT2D eigenvalue weighted by atomic mass is 79.9. The molecule has 0 bridgehead atoms. The standard InChI is InChI=1S/C12H13BrFN3O/c1-3-17-11(7-13)15-16-12(17)9-5-4-8(18-2)6-10(9)14/h4-6H,3,7H2,1-2H3. The van der Waals surface area contributed by atoms with Crippen molar-refractivity contribution in [2.45, 2.75) is 18.8 Å². The fraction of sp³-hybridized carbons (Fsp3) is 0.333. The van der Waals surface area contributed by atoms with E-state index in [1.54, 1.807) is 12.1 Å². The van der Waals surface area contributed by atoms with E-state index in [0.29, 0.717) is 29.0 Å². The van der Waals surface area contributed by atoms with Crippen molar-refractivity contribution in [2.75, 3.05) is 7.11 Å². The number of nitrogens with zero attached hydrogens (tertiary/aromatic N) is 3. The Hall–Kier alpha value is -1.43. The van der Waals surface area contributed by atoms with Crippen molar-refractivity contribution < 1.29 is 9.13 Å². The van der Waals surface area contributed by atoms with Crippen LogP contribution in [0, 0.1) is 5.82 Å². The number of ether oxygens (including phenoxy) is 1. The van der Waals surface area contributed by atoms with Gasteiger partial charge in [0.1, 0.15) is 17.4 Å². The van der Waals surface area contributed by atoms with E-state index < -0.39 is 0 Å². The summed E-state index contributed by atoms with van der Waals surface area (Å²) in [5.41, 5.74) is 0.428. The fourth-order valence-corrected chi connectivity index (χ4v) is 2.18. The molecule has 18 heavy (non-hydrogen) atoms. The molecule has 0 fully saturated rings. The summed E-state index contributed by atoms with van der Waals surface area (Å²) in [6, 6.07) is 4.71. The second-order valence-electron chi connectivity index (χ2n) is 3.66. The van der Waals surface area contributed by atoms with Crippen molar-refractivity contribution in [3.63, 3.8) is 0 Å². The highest BCUT2D eigenvalue weighted by molar-refractivity contribution is 9.08. The molecule has 1 aromatic heterocycles. The van der Waals surface area contributed by atoms with Gasteiger partial charge in [0.15, 0.2) is 5.82 Å². The van der Waals surface area contributed by atoms with Gasteiger partial charge in [0.2, 0.25) is 0 Å². The zero-order valence-corrected chi connectivity index (χ0v) is 11.7. The van der Waals surface area contributed by atoms with Gasteiger partial charge in [-0.3, -0.25) is 0 Å². The molecule has 96 valence electrons. The van der Waals surface area contributed by atoms with Gasteiger partial charge in [-0.2, -0.15) is 0 Å². The summed E-state index contributed by atoms with van der Waals surface area (Å²) in [5.74, 6) is 1.44. The predicted octanol–water partition coefficient (Wildman–Crippen LogP) is 3.01. The van der Waals surface area contributed by atoms with Gasteiger partial charge in [-0.05, 0) is 19.1 Å². The zero-order chi connectivity index (χ0) is 13.1. The molecule has 0 radical (unpaired) electrons. The maximum atomic E-state index is 14.0. The van der Waals surface area contributed by atoms with Gasteiger partial charge >= 0.3 is 0 Å². The number of aromatic nitrogens is 3. The van der Waals surface area contributed by atoms with Crippen LogP contribution in [0.5, 0.6) is 5.75 Å². The van der Waals surface area contributed by atoms with Crippen LogP contribution in [0.15, 0.2) is 18.2 Å². The minimum Gasteiger partial charge on any atom is -0.497 e. The third-order valence-electron chi connectivity index (χ3n) is 2.68. The molecule has 0 spiro atoms. The maximum absolute atomic E-state index is 14.0. The van der Waals surface area contributed by atoms with Crippen LogP contribution >= 0.6 is 15.9 Å². The zero-order valence-electron chi connectivity index (χ0n) is 10.2. The summed E-state index contributed by atoms with van der Waals surface area (Å²) < 4.78 is 20.8. The van der Waals surface area contributed by atoms with Gasteiger partial charge < -0.3 is 9.30 Å². The van der Waals surface area contributed by atoms with Crippen LogP contribution < -0.4 is 4.74 Å². The Morgan fingerprint density at radius 3 is 2.72 bits per heavy atom. The number of methoxy groups -OCH3 is 1. The van der Waals surface area contributed by atoms with Gasteiger partial charge in [-0.1, -0.05) is 15.9 Å². The van der Waals surface area contributed by atoms with Crippen LogP contribution in [0.25, 0.3) is 11.4 Å². The van der Waals surface area contributed by atoms with Crippen molar-refractivity contribution >= 4 is 15.9 Å². The van der Waals surface area contributed by atoms with Crippen LogP contribution in [0.3, 0.4) is 0 Å². The van der Waals surface area contributed by atoms with Crippen LogP contribution in [0.2, 0.25) is 0 Å². The number of alkyl halides is 1. The van der Waals surface area contributed by atoms with Crippen LogP contribution in [0.4, 0.5) is 4.39 Å². The van der Waals surface area contributed by atoms with E-state index in [0.717, 1.165) is 5.82 Å². The third kappa shape index (κ3) is 2.25. The first-order valence-electron chi connectivity index (χ1n) is 5.53. The molecule has 0 aliphatic heterocycles. The Morgan fingerprint density at radius 2 is 2.17 bits per heavy atom. The lowest BCUT2D eigenvalue weighted by molar-refractivity contribution is 0.411. The Labute approximate surface area is 113 Å². The van der Waals surface area contributed by atoms with Crippen molar-refractivity contribution in [1.82, 2.24) is 14.8 Å². The monoisotopic (exact) mass is 313 g/mol. The number of rotatable bonds is 4. The largest absolute Gasteiger partial charge is 0.497 e. The minimum absolute atomic E-state index is 0.363. The molecule has 0 unspecified atom stereocenters. The van der Waals surface area contributed by atoms with E-state index in [9.17, 15) is 4.39 Å². The van der Waals surface area contributed by atoms with E-state index >= 15 is 0 Å². The molecule has 0 N–H and O–H groups in total. The lowest BCUT2D eigenvalue weighted by atomic mass is 10.2. The summed E-state index contributed by atoms with van der Waals surface area (Å²) in [4.78, 5) is 0. The van der Waals surface area contributed by atoms with Crippen molar-refractivity contribution in [1.29, 1.82) is 0 Å². The molecule has 0 saturated heterocycles. The molecule has 0 atom stereocenters. The Kier molecular flexibility index (Phi) is 3.96. The van der Waals surface area contributed by atoms with Gasteiger partial charge in [0.05, 0.1) is 18.0 Å². The summed E-state index contributed by atoms with van der Waals surface area (Å²) >= 11 is 3.34. The van der Waals surface area contributed by atoms with E-state index in [1.165, 1.54) is 13.2 Å². The van der Waals surface area contributed by atoms with E-state index in [2.05, 4.69) is 26.1 Å². The molecule has 4 nitrogen and oxygen atoms in total. The van der Waals surface area contributed by atoms with Crippen LogP contribution in [-0.2, 0) is 11.9 Å². The van der Waals surface area contributed by atoms with E-state index in [-0.39, 0.29) is 5.82 Å². The summed E-state index contributed by atoms with van der Waals surface area (Å²) in [5, 5.41) is 8.67. The molecule has 6 heteroatoms. The number of benzene rings is 1. The van der Waals surface area contributed by atoms with Gasteiger partial charge in [0.25, 0.3) is 0 Å². The first kappa shape index (κ1) is 13.0. The topological polar surface area (TPSA) is 39.9 Å². The molecule has 0 aliphatic carbocycles. The van der Waals surface area contributed by atoms with Crippen molar-refractivity contribution in [2.24, 2.45) is 0 Å². The maximum Gasteiger partial charge on any atom is 0.166 e.